The molecule has 0 aliphatic rings. The minimum absolute atomic E-state index is 0.297. The Bertz CT molecular complexity index is 213. The summed E-state index contributed by atoms with van der Waals surface area (Å²) in [5.74, 6) is -0.626. The second-order valence-corrected chi connectivity index (χ2v) is 4.98. The molecule has 4 heteroatoms. The van der Waals surface area contributed by atoms with Gasteiger partial charge in [-0.05, 0) is 13.8 Å². The highest BCUT2D eigenvalue weighted by molar-refractivity contribution is 7.92. The Kier molecular flexibility index (Phi) is 2.90. The molecule has 0 unspecified atom stereocenters. The zero-order valence-electron chi connectivity index (χ0n) is 6.16. The molecule has 0 spiro atoms. The predicted molar refractivity (Wildman–Crippen MR) is 40.7 cm³/mol. The maximum atomic E-state index is 10.9. The first-order valence-electron chi connectivity index (χ1n) is 2.94. The Morgan fingerprint density at radius 1 is 1.60 bits per heavy atom. The fraction of sp³-hybridized carbons (Fsp3) is 0.667. The highest BCUT2D eigenvalue weighted by Gasteiger charge is 2.16. The van der Waals surface area contributed by atoms with E-state index in [0.717, 1.165) is 0 Å². The molecule has 0 fully saturated rings. The van der Waals surface area contributed by atoms with Crippen LogP contribution in [0.5, 0.6) is 0 Å². The van der Waals surface area contributed by atoms with Crippen molar-refractivity contribution in [3.05, 3.63) is 12.3 Å². The van der Waals surface area contributed by atoms with E-state index in [1.165, 1.54) is 0 Å². The van der Waals surface area contributed by atoms with Gasteiger partial charge in [-0.25, -0.2) is 8.42 Å². The van der Waals surface area contributed by atoms with Crippen LogP contribution in [0, 0.1) is 0 Å². The Balaban J connectivity index is 4.31. The van der Waals surface area contributed by atoms with Crippen molar-refractivity contribution in [3.63, 3.8) is 0 Å². The fourth-order valence-electron chi connectivity index (χ4n) is 0.399. The van der Waals surface area contributed by atoms with Crippen LogP contribution >= 0.6 is 0 Å². The van der Waals surface area contributed by atoms with E-state index in [0.29, 0.717) is 0 Å². The lowest BCUT2D eigenvalue weighted by Crippen LogP contribution is -2.18. The van der Waals surface area contributed by atoms with Crippen molar-refractivity contribution in [2.75, 3.05) is 5.75 Å². The smallest absolute Gasteiger partial charge is 0.159 e. The summed E-state index contributed by atoms with van der Waals surface area (Å²) in [4.78, 5) is 0. The summed E-state index contributed by atoms with van der Waals surface area (Å²) in [6, 6.07) is 0. The third-order valence-corrected chi connectivity index (χ3v) is 3.26. The lowest BCUT2D eigenvalue weighted by Gasteiger charge is -2.04. The van der Waals surface area contributed by atoms with Gasteiger partial charge in [0.05, 0.1) is 5.25 Å². The molecule has 0 aliphatic carbocycles. The van der Waals surface area contributed by atoms with Crippen LogP contribution in [0.15, 0.2) is 12.3 Å². The minimum Gasteiger partial charge on any atom is -0.512 e. The van der Waals surface area contributed by atoms with E-state index in [9.17, 15) is 8.42 Å². The molecule has 0 aliphatic heterocycles. The molecule has 60 valence electrons. The van der Waals surface area contributed by atoms with Gasteiger partial charge >= 0.3 is 0 Å². The molecule has 0 aromatic carbocycles. The number of aliphatic hydroxyl groups is 1. The van der Waals surface area contributed by atoms with E-state index >= 15 is 0 Å². The predicted octanol–water partition coefficient (Wildman–Crippen LogP) is 0.881. The van der Waals surface area contributed by atoms with Crippen LogP contribution in [0.4, 0.5) is 0 Å². The van der Waals surface area contributed by atoms with Crippen molar-refractivity contribution in [2.45, 2.75) is 19.1 Å². The molecular weight excluding hydrogens is 152 g/mol. The molecule has 3 nitrogen and oxygen atoms in total. The first kappa shape index (κ1) is 9.49. The second kappa shape index (κ2) is 3.05. The first-order valence-corrected chi connectivity index (χ1v) is 4.66. The van der Waals surface area contributed by atoms with Crippen molar-refractivity contribution >= 4 is 9.84 Å². The summed E-state index contributed by atoms with van der Waals surface area (Å²) in [7, 11) is -3.15. The molecule has 0 aromatic rings. The van der Waals surface area contributed by atoms with Gasteiger partial charge in [0.1, 0.15) is 11.5 Å². The van der Waals surface area contributed by atoms with Crippen LogP contribution in [0.3, 0.4) is 0 Å². The first-order chi connectivity index (χ1) is 4.36. The molecule has 0 saturated heterocycles. The summed E-state index contributed by atoms with van der Waals surface area (Å²) in [6.07, 6.45) is 0. The number of hydrogen-bond donors (Lipinski definition) is 1. The van der Waals surface area contributed by atoms with E-state index < -0.39 is 15.1 Å². The molecule has 0 radical (unpaired) electrons. The summed E-state index contributed by atoms with van der Waals surface area (Å²) in [5, 5.41) is 8.12. The molecule has 0 amide bonds. The molecule has 10 heavy (non-hydrogen) atoms. The van der Waals surface area contributed by atoms with Crippen LogP contribution in [-0.2, 0) is 9.84 Å². The highest BCUT2D eigenvalue weighted by Crippen LogP contribution is 2.02. The van der Waals surface area contributed by atoms with Gasteiger partial charge in [0.2, 0.25) is 0 Å². The zero-order valence-corrected chi connectivity index (χ0v) is 6.98. The number of hydrogen-bond acceptors (Lipinski definition) is 3. The molecule has 0 heterocycles. The Morgan fingerprint density at radius 3 is 2.10 bits per heavy atom. The Hall–Kier alpha value is -0.510. The normalized spacial score (nSPS) is 11.9. The van der Waals surface area contributed by atoms with Crippen molar-refractivity contribution in [1.29, 1.82) is 0 Å². The number of rotatable bonds is 3. The number of aliphatic hydroxyl groups excluding tert-OH is 1. The van der Waals surface area contributed by atoms with Gasteiger partial charge in [-0.2, -0.15) is 0 Å². The molecular formula is C6H12O3S. The summed E-state index contributed by atoms with van der Waals surface area (Å²) in [6.45, 7) is 6.23. The van der Waals surface area contributed by atoms with E-state index in [1.54, 1.807) is 13.8 Å². The monoisotopic (exact) mass is 164 g/mol. The van der Waals surface area contributed by atoms with Crippen LogP contribution in [0.2, 0.25) is 0 Å². The maximum Gasteiger partial charge on any atom is 0.159 e. The minimum atomic E-state index is -3.15. The van der Waals surface area contributed by atoms with Gasteiger partial charge in [0.25, 0.3) is 0 Å². The molecule has 1 N–H and O–H groups in total. The fourth-order valence-corrected chi connectivity index (χ4v) is 1.20. The maximum absolute atomic E-state index is 10.9. The van der Waals surface area contributed by atoms with Gasteiger partial charge in [-0.15, -0.1) is 0 Å². The SMILES string of the molecule is C=C(O)CS(=O)(=O)C(C)C. The molecule has 0 bridgehead atoms. The number of sulfone groups is 1. The third kappa shape index (κ3) is 2.87. The highest BCUT2D eigenvalue weighted by atomic mass is 32.2. The van der Waals surface area contributed by atoms with E-state index in [1.807, 2.05) is 0 Å². The van der Waals surface area contributed by atoms with Gasteiger partial charge in [-0.3, -0.25) is 0 Å². The summed E-state index contributed by atoms with van der Waals surface area (Å²) >= 11 is 0. The topological polar surface area (TPSA) is 54.4 Å². The average Bonchev–Trinajstić information content (AvgIpc) is 1.60. The Labute approximate surface area is 61.3 Å². The third-order valence-electron chi connectivity index (χ3n) is 1.09. The van der Waals surface area contributed by atoms with Crippen LogP contribution in [-0.4, -0.2) is 24.5 Å². The van der Waals surface area contributed by atoms with Gasteiger partial charge in [-0.1, -0.05) is 6.58 Å². The van der Waals surface area contributed by atoms with E-state index in [-0.39, 0.29) is 11.5 Å². The lowest BCUT2D eigenvalue weighted by atomic mass is 10.6. The van der Waals surface area contributed by atoms with Crippen molar-refractivity contribution in [2.24, 2.45) is 0 Å². The molecule has 0 rings (SSSR count). The van der Waals surface area contributed by atoms with E-state index in [2.05, 4.69) is 6.58 Å². The lowest BCUT2D eigenvalue weighted by molar-refractivity contribution is 0.416. The Morgan fingerprint density at radius 2 is 2.00 bits per heavy atom. The van der Waals surface area contributed by atoms with Crippen molar-refractivity contribution < 1.29 is 13.5 Å². The average molecular weight is 164 g/mol. The van der Waals surface area contributed by atoms with Gasteiger partial charge < -0.3 is 5.11 Å². The summed E-state index contributed by atoms with van der Waals surface area (Å²) in [5.41, 5.74) is 0. The van der Waals surface area contributed by atoms with Crippen molar-refractivity contribution in [1.82, 2.24) is 0 Å². The largest absolute Gasteiger partial charge is 0.512 e. The van der Waals surface area contributed by atoms with E-state index in [4.69, 9.17) is 5.11 Å². The van der Waals surface area contributed by atoms with Crippen LogP contribution < -0.4 is 0 Å². The quantitative estimate of drug-likeness (QED) is 0.630. The second-order valence-electron chi connectivity index (χ2n) is 2.42. The standard InChI is InChI=1S/C6H12O3S/c1-5(2)10(8,9)4-6(3)7/h5,7H,3-4H2,1-2H3. The van der Waals surface area contributed by atoms with Crippen LogP contribution in [0.25, 0.3) is 0 Å². The summed E-state index contributed by atoms with van der Waals surface area (Å²) < 4.78 is 21.8. The molecule has 0 atom stereocenters. The van der Waals surface area contributed by atoms with Gasteiger partial charge in [0, 0.05) is 0 Å². The molecule has 0 aromatic heterocycles. The van der Waals surface area contributed by atoms with Gasteiger partial charge in [0.15, 0.2) is 9.84 Å². The van der Waals surface area contributed by atoms with Crippen molar-refractivity contribution in [3.8, 4) is 0 Å². The zero-order chi connectivity index (χ0) is 8.36. The van der Waals surface area contributed by atoms with Crippen LogP contribution in [0.1, 0.15) is 13.8 Å². The molecule has 0 saturated carbocycles.